The largest absolute Gasteiger partial charge is 0.507 e. The molecule has 1 atom stereocenters. The van der Waals surface area contributed by atoms with Gasteiger partial charge >= 0.3 is 0 Å². The number of piperidine rings is 1. The first-order chi connectivity index (χ1) is 10.5. The van der Waals surface area contributed by atoms with E-state index < -0.39 is 0 Å². The molecule has 1 amide bonds. The van der Waals surface area contributed by atoms with Gasteiger partial charge in [-0.1, -0.05) is 19.9 Å². The molecule has 0 aromatic heterocycles. The van der Waals surface area contributed by atoms with Crippen LogP contribution in [0.3, 0.4) is 0 Å². The number of likely N-dealkylation sites (tertiary alicyclic amines) is 1. The summed E-state index contributed by atoms with van der Waals surface area (Å²) in [5, 5.41) is 18.8. The van der Waals surface area contributed by atoms with E-state index in [1.165, 1.54) is 0 Å². The molecule has 0 spiro atoms. The van der Waals surface area contributed by atoms with Crippen LogP contribution >= 0.6 is 0 Å². The van der Waals surface area contributed by atoms with Gasteiger partial charge in [-0.15, -0.1) is 0 Å². The first-order valence-corrected chi connectivity index (χ1v) is 7.87. The van der Waals surface area contributed by atoms with Crippen LogP contribution in [0.1, 0.15) is 48.5 Å². The van der Waals surface area contributed by atoms with E-state index in [9.17, 15) is 9.90 Å². The van der Waals surface area contributed by atoms with Crippen LogP contribution in [0.2, 0.25) is 0 Å². The second-order valence-corrected chi connectivity index (χ2v) is 6.04. The molecule has 1 heterocycles. The molecule has 1 saturated heterocycles. The first kappa shape index (κ1) is 16.8. The lowest BCUT2D eigenvalue weighted by Crippen LogP contribution is -2.43. The number of amides is 1. The summed E-state index contributed by atoms with van der Waals surface area (Å²) in [6.45, 7) is 5.57. The summed E-state index contributed by atoms with van der Waals surface area (Å²) in [6.07, 6.45) is 1.72. The lowest BCUT2D eigenvalue weighted by molar-refractivity contribution is -0.0111. The van der Waals surface area contributed by atoms with Gasteiger partial charge < -0.3 is 19.8 Å². The normalized spacial score (nSPS) is 18.7. The molecule has 0 bridgehead atoms. The Morgan fingerprint density at radius 1 is 1.45 bits per heavy atom. The average molecular weight is 307 g/mol. The van der Waals surface area contributed by atoms with Crippen LogP contribution < -0.4 is 0 Å². The van der Waals surface area contributed by atoms with Gasteiger partial charge in [0.15, 0.2) is 0 Å². The third-order valence-corrected chi connectivity index (χ3v) is 4.03. The minimum atomic E-state index is -0.155. The number of nitrogens with zero attached hydrogens (tertiary/aromatic N) is 1. The van der Waals surface area contributed by atoms with Crippen molar-refractivity contribution in [1.29, 1.82) is 0 Å². The number of aliphatic hydroxyl groups is 1. The van der Waals surface area contributed by atoms with Crippen molar-refractivity contribution in [3.8, 4) is 5.75 Å². The first-order valence-electron chi connectivity index (χ1n) is 7.87. The maximum Gasteiger partial charge on any atom is 0.257 e. The van der Waals surface area contributed by atoms with Crippen molar-refractivity contribution in [2.24, 2.45) is 0 Å². The highest BCUT2D eigenvalue weighted by Crippen LogP contribution is 2.26. The van der Waals surface area contributed by atoms with Gasteiger partial charge in [0.25, 0.3) is 5.91 Å². The van der Waals surface area contributed by atoms with Crippen LogP contribution in [-0.2, 0) is 4.74 Å². The number of phenols is 1. The average Bonchev–Trinajstić information content (AvgIpc) is 2.52. The fourth-order valence-electron chi connectivity index (χ4n) is 2.73. The number of hydrogen-bond donors (Lipinski definition) is 2. The van der Waals surface area contributed by atoms with Crippen molar-refractivity contribution in [1.82, 2.24) is 4.90 Å². The van der Waals surface area contributed by atoms with Crippen molar-refractivity contribution in [2.75, 3.05) is 26.3 Å². The monoisotopic (exact) mass is 307 g/mol. The molecule has 1 aromatic rings. The molecule has 0 aliphatic carbocycles. The molecular formula is C17H25NO4. The molecule has 0 radical (unpaired) electrons. The fourth-order valence-corrected chi connectivity index (χ4v) is 2.73. The Morgan fingerprint density at radius 3 is 2.91 bits per heavy atom. The van der Waals surface area contributed by atoms with Crippen molar-refractivity contribution >= 4 is 5.91 Å². The number of ether oxygens (including phenoxy) is 1. The SMILES string of the molecule is CC(C)c1ccc(O)c(C(=O)N2CCC[C@H](OCCO)C2)c1. The summed E-state index contributed by atoms with van der Waals surface area (Å²) in [5.41, 5.74) is 1.39. The number of carbonyl (C=O) groups excluding carboxylic acids is 1. The molecule has 2 N–H and O–H groups in total. The van der Waals surface area contributed by atoms with Gasteiger partial charge in [-0.3, -0.25) is 4.79 Å². The maximum atomic E-state index is 12.7. The fraction of sp³-hybridized carbons (Fsp3) is 0.588. The van der Waals surface area contributed by atoms with Crippen LogP contribution in [0.4, 0.5) is 0 Å². The second kappa shape index (κ2) is 7.61. The Kier molecular flexibility index (Phi) is 5.80. The molecule has 1 aliphatic rings. The van der Waals surface area contributed by atoms with Crippen molar-refractivity contribution in [3.05, 3.63) is 29.3 Å². The van der Waals surface area contributed by atoms with Crippen LogP contribution in [0.5, 0.6) is 5.75 Å². The third kappa shape index (κ3) is 3.99. The van der Waals surface area contributed by atoms with E-state index in [0.29, 0.717) is 31.2 Å². The van der Waals surface area contributed by atoms with Gasteiger partial charge in [0, 0.05) is 13.1 Å². The lowest BCUT2D eigenvalue weighted by Gasteiger charge is -2.33. The predicted octanol–water partition coefficient (Wildman–Crippen LogP) is 2.13. The molecule has 1 aliphatic heterocycles. The highest BCUT2D eigenvalue weighted by molar-refractivity contribution is 5.97. The standard InChI is InChI=1S/C17H25NO4/c1-12(2)13-5-6-16(20)15(10-13)17(21)18-7-3-4-14(11-18)22-9-8-19/h5-6,10,12,14,19-20H,3-4,7-9,11H2,1-2H3/t14-/m0/s1. The molecule has 1 aromatic carbocycles. The van der Waals surface area contributed by atoms with E-state index in [1.54, 1.807) is 17.0 Å². The molecular weight excluding hydrogens is 282 g/mol. The number of carbonyl (C=O) groups is 1. The summed E-state index contributed by atoms with van der Waals surface area (Å²) in [7, 11) is 0. The number of aliphatic hydroxyl groups excluding tert-OH is 1. The number of phenolic OH excluding ortho intramolecular Hbond substituents is 1. The number of rotatable bonds is 5. The molecule has 122 valence electrons. The molecule has 2 rings (SSSR count). The number of hydrogen-bond acceptors (Lipinski definition) is 4. The molecule has 1 fully saturated rings. The summed E-state index contributed by atoms with van der Waals surface area (Å²) in [5.74, 6) is 0.166. The molecule has 0 saturated carbocycles. The Hall–Kier alpha value is -1.59. The van der Waals surface area contributed by atoms with Crippen molar-refractivity contribution < 1.29 is 19.7 Å². The van der Waals surface area contributed by atoms with Gasteiger partial charge in [-0.25, -0.2) is 0 Å². The van der Waals surface area contributed by atoms with Crippen LogP contribution in [-0.4, -0.2) is 53.4 Å². The minimum Gasteiger partial charge on any atom is -0.507 e. The summed E-state index contributed by atoms with van der Waals surface area (Å²) < 4.78 is 5.53. The quantitative estimate of drug-likeness (QED) is 0.874. The highest BCUT2D eigenvalue weighted by atomic mass is 16.5. The van der Waals surface area contributed by atoms with E-state index in [1.807, 2.05) is 6.07 Å². The smallest absolute Gasteiger partial charge is 0.257 e. The zero-order valence-electron chi connectivity index (χ0n) is 13.3. The Labute approximate surface area is 131 Å². The van der Waals surface area contributed by atoms with E-state index >= 15 is 0 Å². The highest BCUT2D eigenvalue weighted by Gasteiger charge is 2.26. The number of benzene rings is 1. The zero-order valence-corrected chi connectivity index (χ0v) is 13.3. The molecule has 5 heteroatoms. The molecule has 0 unspecified atom stereocenters. The van der Waals surface area contributed by atoms with Gasteiger partial charge in [0.2, 0.25) is 0 Å². The van der Waals surface area contributed by atoms with Crippen LogP contribution in [0.15, 0.2) is 18.2 Å². The number of aromatic hydroxyl groups is 1. The van der Waals surface area contributed by atoms with Gasteiger partial charge in [-0.2, -0.15) is 0 Å². The zero-order chi connectivity index (χ0) is 16.1. The summed E-state index contributed by atoms with van der Waals surface area (Å²) in [4.78, 5) is 14.4. The lowest BCUT2D eigenvalue weighted by atomic mass is 9.99. The summed E-state index contributed by atoms with van der Waals surface area (Å²) >= 11 is 0. The van der Waals surface area contributed by atoms with E-state index in [-0.39, 0.29) is 24.4 Å². The van der Waals surface area contributed by atoms with Crippen molar-refractivity contribution in [3.63, 3.8) is 0 Å². The maximum absolute atomic E-state index is 12.7. The Morgan fingerprint density at radius 2 is 2.23 bits per heavy atom. The van der Waals surface area contributed by atoms with Gasteiger partial charge in [0.05, 0.1) is 24.9 Å². The van der Waals surface area contributed by atoms with E-state index in [0.717, 1.165) is 18.4 Å². The summed E-state index contributed by atoms with van der Waals surface area (Å²) in [6, 6.07) is 5.22. The predicted molar refractivity (Wildman–Crippen MR) is 84.2 cm³/mol. The third-order valence-electron chi connectivity index (χ3n) is 4.03. The van der Waals surface area contributed by atoms with Crippen LogP contribution in [0, 0.1) is 0 Å². The van der Waals surface area contributed by atoms with Crippen LogP contribution in [0.25, 0.3) is 0 Å². The van der Waals surface area contributed by atoms with Crippen molar-refractivity contribution in [2.45, 2.75) is 38.7 Å². The van der Waals surface area contributed by atoms with Gasteiger partial charge in [-0.05, 0) is 36.5 Å². The molecule has 22 heavy (non-hydrogen) atoms. The minimum absolute atomic E-state index is 0.0122. The van der Waals surface area contributed by atoms with E-state index in [2.05, 4.69) is 13.8 Å². The Balaban J connectivity index is 2.11. The topological polar surface area (TPSA) is 70.0 Å². The van der Waals surface area contributed by atoms with Gasteiger partial charge in [0.1, 0.15) is 5.75 Å². The Bertz CT molecular complexity index is 515. The van der Waals surface area contributed by atoms with E-state index in [4.69, 9.17) is 9.84 Å². The molecule has 5 nitrogen and oxygen atoms in total. The second-order valence-electron chi connectivity index (χ2n) is 6.04.